The maximum Gasteiger partial charge on any atom is 0.326 e. The zero-order chi connectivity index (χ0) is 11.3. The molecule has 0 spiro atoms. The minimum atomic E-state index is -0.792. The van der Waals surface area contributed by atoms with E-state index in [-0.39, 0.29) is 5.82 Å². The summed E-state index contributed by atoms with van der Waals surface area (Å²) in [5, 5.41) is 0. The normalized spacial score (nSPS) is 12.7. The molecule has 4 heteroatoms. The molecule has 0 saturated heterocycles. The molecule has 0 fully saturated rings. The summed E-state index contributed by atoms with van der Waals surface area (Å²) < 4.78 is 17.0. The summed E-state index contributed by atoms with van der Waals surface area (Å²) in [6.07, 6.45) is 3.14. The Morgan fingerprint density at radius 2 is 2.07 bits per heavy atom. The van der Waals surface area contributed by atoms with E-state index in [1.807, 2.05) is 0 Å². The van der Waals surface area contributed by atoms with Gasteiger partial charge in [0.1, 0.15) is 11.9 Å². The number of methoxy groups -OCH3 is 1. The molecule has 1 aromatic carbocycles. The van der Waals surface area contributed by atoms with E-state index in [0.29, 0.717) is 0 Å². The number of esters is 1. The topological polar surface area (TPSA) is 52.3 Å². The summed E-state index contributed by atoms with van der Waals surface area (Å²) in [7, 11) is 1.27. The van der Waals surface area contributed by atoms with Gasteiger partial charge in [-0.15, -0.1) is 0 Å². The lowest BCUT2D eigenvalue weighted by molar-refractivity contribution is -0.140. The second-order valence-corrected chi connectivity index (χ2v) is 2.96. The van der Waals surface area contributed by atoms with Crippen LogP contribution in [0.15, 0.2) is 30.3 Å². The minimum Gasteiger partial charge on any atom is -0.468 e. The van der Waals surface area contributed by atoms with Crippen LogP contribution in [0.2, 0.25) is 0 Å². The number of carbonyl (C=O) groups excluding carboxylic acids is 1. The van der Waals surface area contributed by atoms with Crippen LogP contribution < -0.4 is 5.73 Å². The highest BCUT2D eigenvalue weighted by atomic mass is 19.1. The van der Waals surface area contributed by atoms with Crippen molar-refractivity contribution in [3.8, 4) is 0 Å². The van der Waals surface area contributed by atoms with Crippen LogP contribution >= 0.6 is 0 Å². The molecule has 15 heavy (non-hydrogen) atoms. The van der Waals surface area contributed by atoms with Gasteiger partial charge in [0, 0.05) is 0 Å². The van der Waals surface area contributed by atoms with E-state index in [9.17, 15) is 9.18 Å². The van der Waals surface area contributed by atoms with Crippen molar-refractivity contribution in [3.63, 3.8) is 0 Å². The molecule has 0 aliphatic heterocycles. The van der Waals surface area contributed by atoms with E-state index in [2.05, 4.69) is 4.74 Å². The van der Waals surface area contributed by atoms with Gasteiger partial charge in [0.25, 0.3) is 0 Å². The first kappa shape index (κ1) is 11.4. The van der Waals surface area contributed by atoms with Crippen LogP contribution in [0, 0.1) is 5.82 Å². The van der Waals surface area contributed by atoms with E-state index < -0.39 is 12.0 Å². The van der Waals surface area contributed by atoms with Gasteiger partial charge in [-0.3, -0.25) is 4.79 Å². The molecule has 0 saturated carbocycles. The monoisotopic (exact) mass is 209 g/mol. The molecule has 1 rings (SSSR count). The van der Waals surface area contributed by atoms with E-state index in [1.54, 1.807) is 18.2 Å². The molecular weight excluding hydrogens is 197 g/mol. The highest BCUT2D eigenvalue weighted by molar-refractivity contribution is 5.79. The molecule has 2 N–H and O–H groups in total. The lowest BCUT2D eigenvalue weighted by Gasteiger charge is -2.02. The summed E-state index contributed by atoms with van der Waals surface area (Å²) in [4.78, 5) is 10.9. The fourth-order valence-corrected chi connectivity index (χ4v) is 1.00. The average molecular weight is 209 g/mol. The second-order valence-electron chi connectivity index (χ2n) is 2.96. The number of benzene rings is 1. The van der Waals surface area contributed by atoms with E-state index in [0.717, 1.165) is 5.56 Å². The van der Waals surface area contributed by atoms with Gasteiger partial charge in [0.05, 0.1) is 7.11 Å². The Bertz CT molecular complexity index is 359. The molecule has 1 atom stereocenters. The quantitative estimate of drug-likeness (QED) is 0.764. The van der Waals surface area contributed by atoms with Crippen molar-refractivity contribution in [2.75, 3.05) is 7.11 Å². The molecule has 1 aromatic rings. The lowest BCUT2D eigenvalue weighted by Crippen LogP contribution is -2.28. The van der Waals surface area contributed by atoms with Crippen LogP contribution in [0.4, 0.5) is 4.39 Å². The predicted molar refractivity (Wildman–Crippen MR) is 55.4 cm³/mol. The molecule has 0 aromatic heterocycles. The summed E-state index contributed by atoms with van der Waals surface area (Å²) in [6, 6.07) is 5.07. The van der Waals surface area contributed by atoms with Crippen LogP contribution in [0.25, 0.3) is 6.08 Å². The number of ether oxygens (including phenoxy) is 1. The molecule has 0 radical (unpaired) electrons. The summed E-state index contributed by atoms with van der Waals surface area (Å²) in [6.45, 7) is 0. The smallest absolute Gasteiger partial charge is 0.326 e. The Balaban J connectivity index is 2.65. The molecular formula is C11H12FNO2. The van der Waals surface area contributed by atoms with Crippen molar-refractivity contribution in [3.05, 3.63) is 41.7 Å². The Hall–Kier alpha value is -1.68. The fourth-order valence-electron chi connectivity index (χ4n) is 1.00. The van der Waals surface area contributed by atoms with Crippen LogP contribution in [0.5, 0.6) is 0 Å². The van der Waals surface area contributed by atoms with Crippen molar-refractivity contribution < 1.29 is 13.9 Å². The second kappa shape index (κ2) is 5.26. The SMILES string of the molecule is COC(=O)C(N)/C=C/c1ccc(F)cc1. The summed E-state index contributed by atoms with van der Waals surface area (Å²) >= 11 is 0. The fraction of sp³-hybridized carbons (Fsp3) is 0.182. The average Bonchev–Trinajstić information content (AvgIpc) is 2.26. The van der Waals surface area contributed by atoms with Crippen molar-refractivity contribution in [1.82, 2.24) is 0 Å². The van der Waals surface area contributed by atoms with E-state index in [4.69, 9.17) is 5.73 Å². The van der Waals surface area contributed by atoms with Gasteiger partial charge in [-0.2, -0.15) is 0 Å². The highest BCUT2D eigenvalue weighted by Crippen LogP contribution is 2.05. The van der Waals surface area contributed by atoms with Crippen LogP contribution in [-0.4, -0.2) is 19.1 Å². The standard InChI is InChI=1S/C11H12FNO2/c1-15-11(14)10(13)7-4-8-2-5-9(12)6-3-8/h2-7,10H,13H2,1H3/b7-4+. The first-order valence-corrected chi connectivity index (χ1v) is 4.40. The molecule has 0 aliphatic carbocycles. The molecule has 1 unspecified atom stereocenters. The Morgan fingerprint density at radius 3 is 2.60 bits per heavy atom. The van der Waals surface area contributed by atoms with Gasteiger partial charge in [-0.1, -0.05) is 24.3 Å². The lowest BCUT2D eigenvalue weighted by atomic mass is 10.2. The third-order valence-electron chi connectivity index (χ3n) is 1.84. The zero-order valence-electron chi connectivity index (χ0n) is 8.31. The van der Waals surface area contributed by atoms with E-state index >= 15 is 0 Å². The number of rotatable bonds is 3. The number of nitrogens with two attached hydrogens (primary N) is 1. The van der Waals surface area contributed by atoms with Crippen LogP contribution in [0.3, 0.4) is 0 Å². The third kappa shape index (κ3) is 3.52. The van der Waals surface area contributed by atoms with Crippen molar-refractivity contribution in [2.24, 2.45) is 5.73 Å². The van der Waals surface area contributed by atoms with Crippen molar-refractivity contribution in [2.45, 2.75) is 6.04 Å². The largest absolute Gasteiger partial charge is 0.468 e. The molecule has 80 valence electrons. The number of hydrogen-bond acceptors (Lipinski definition) is 3. The maximum absolute atomic E-state index is 12.5. The first-order chi connectivity index (χ1) is 7.13. The Labute approximate surface area is 87.3 Å². The highest BCUT2D eigenvalue weighted by Gasteiger charge is 2.08. The minimum absolute atomic E-state index is 0.301. The maximum atomic E-state index is 12.5. The number of hydrogen-bond donors (Lipinski definition) is 1. The predicted octanol–water partition coefficient (Wildman–Crippen LogP) is 1.34. The summed E-state index contributed by atoms with van der Waals surface area (Å²) in [5.74, 6) is -0.808. The Morgan fingerprint density at radius 1 is 1.47 bits per heavy atom. The van der Waals surface area contributed by atoms with Gasteiger partial charge in [0.15, 0.2) is 0 Å². The van der Waals surface area contributed by atoms with Gasteiger partial charge < -0.3 is 10.5 Å². The number of halogens is 1. The number of carbonyl (C=O) groups is 1. The molecule has 0 amide bonds. The zero-order valence-corrected chi connectivity index (χ0v) is 8.31. The van der Waals surface area contributed by atoms with E-state index in [1.165, 1.54) is 25.3 Å². The van der Waals surface area contributed by atoms with Gasteiger partial charge in [-0.25, -0.2) is 4.39 Å². The molecule has 0 heterocycles. The van der Waals surface area contributed by atoms with Crippen LogP contribution in [0.1, 0.15) is 5.56 Å². The van der Waals surface area contributed by atoms with Crippen LogP contribution in [-0.2, 0) is 9.53 Å². The van der Waals surface area contributed by atoms with Crippen molar-refractivity contribution in [1.29, 1.82) is 0 Å². The van der Waals surface area contributed by atoms with Crippen molar-refractivity contribution >= 4 is 12.0 Å². The molecule has 0 aliphatic rings. The van der Waals surface area contributed by atoms with Gasteiger partial charge >= 0.3 is 5.97 Å². The third-order valence-corrected chi connectivity index (χ3v) is 1.84. The Kier molecular flexibility index (Phi) is 4.00. The first-order valence-electron chi connectivity index (χ1n) is 4.40. The van der Waals surface area contributed by atoms with Gasteiger partial charge in [-0.05, 0) is 17.7 Å². The molecule has 3 nitrogen and oxygen atoms in total. The molecule has 0 bridgehead atoms. The summed E-state index contributed by atoms with van der Waals surface area (Å²) in [5.41, 5.74) is 6.24. The van der Waals surface area contributed by atoms with Gasteiger partial charge in [0.2, 0.25) is 0 Å².